The summed E-state index contributed by atoms with van der Waals surface area (Å²) in [7, 11) is 0. The van der Waals surface area contributed by atoms with Gasteiger partial charge in [-0.05, 0) is 30.5 Å². The van der Waals surface area contributed by atoms with E-state index >= 15 is 0 Å². The fourth-order valence-electron chi connectivity index (χ4n) is 2.72. The van der Waals surface area contributed by atoms with Crippen molar-refractivity contribution in [2.45, 2.75) is 25.5 Å². The second-order valence-electron chi connectivity index (χ2n) is 5.21. The monoisotopic (exact) mass is 283 g/mol. The number of pyridine rings is 1. The number of benzene rings is 1. The number of aldehydes is 1. The minimum absolute atomic E-state index is 0.0482. The Balaban J connectivity index is 2.08. The average molecular weight is 283 g/mol. The first-order chi connectivity index (χ1) is 10.3. The highest BCUT2D eigenvalue weighted by atomic mass is 16.5. The molecule has 1 aromatic carbocycles. The third kappa shape index (κ3) is 2.81. The molecular weight excluding hydrogens is 266 g/mol. The van der Waals surface area contributed by atoms with Gasteiger partial charge in [0.1, 0.15) is 0 Å². The van der Waals surface area contributed by atoms with Crippen LogP contribution < -0.4 is 5.56 Å². The van der Waals surface area contributed by atoms with E-state index in [0.29, 0.717) is 12.8 Å². The Morgan fingerprint density at radius 2 is 2.00 bits per heavy atom. The Bertz CT molecular complexity index is 685. The number of aromatic nitrogens is 1. The first-order valence-corrected chi connectivity index (χ1v) is 7.15. The fraction of sp³-hybridized carbons (Fsp3) is 0.294. The van der Waals surface area contributed by atoms with Crippen LogP contribution in [0.25, 0.3) is 11.3 Å². The molecule has 1 atom stereocenters. The van der Waals surface area contributed by atoms with Crippen molar-refractivity contribution in [2.24, 2.45) is 0 Å². The summed E-state index contributed by atoms with van der Waals surface area (Å²) in [5.41, 5.74) is 1.72. The smallest absolute Gasteiger partial charge is 0.261 e. The zero-order valence-electron chi connectivity index (χ0n) is 11.7. The Hall–Kier alpha value is -2.20. The second-order valence-corrected chi connectivity index (χ2v) is 5.21. The highest BCUT2D eigenvalue weighted by Gasteiger charge is 2.19. The number of ether oxygens (including phenoxy) is 1. The molecule has 0 amide bonds. The summed E-state index contributed by atoms with van der Waals surface area (Å²) in [6.45, 7) is 1.23. The van der Waals surface area contributed by atoms with Crippen molar-refractivity contribution in [1.82, 2.24) is 4.57 Å². The van der Waals surface area contributed by atoms with Crippen molar-refractivity contribution in [3.05, 3.63) is 58.4 Å². The van der Waals surface area contributed by atoms with Gasteiger partial charge in [0, 0.05) is 6.61 Å². The van der Waals surface area contributed by atoms with Crippen LogP contribution in [0.2, 0.25) is 0 Å². The van der Waals surface area contributed by atoms with E-state index in [9.17, 15) is 9.59 Å². The standard InChI is InChI=1S/C17H17NO3/c19-12-14-8-9-16(13-5-2-1-3-6-13)18(17(14)20)11-15-7-4-10-21-15/h1-3,5-6,8-9,12,15H,4,7,10-11H2. The first-order valence-electron chi connectivity index (χ1n) is 7.15. The van der Waals surface area contributed by atoms with Crippen LogP contribution in [-0.4, -0.2) is 23.6 Å². The van der Waals surface area contributed by atoms with E-state index in [4.69, 9.17) is 4.74 Å². The van der Waals surface area contributed by atoms with Crippen LogP contribution in [0.15, 0.2) is 47.3 Å². The topological polar surface area (TPSA) is 48.3 Å². The number of hydrogen-bond donors (Lipinski definition) is 0. The largest absolute Gasteiger partial charge is 0.376 e. The summed E-state index contributed by atoms with van der Waals surface area (Å²) in [6.07, 6.45) is 2.63. The van der Waals surface area contributed by atoms with Gasteiger partial charge in [-0.1, -0.05) is 30.3 Å². The van der Waals surface area contributed by atoms with Gasteiger partial charge in [-0.25, -0.2) is 0 Å². The van der Waals surface area contributed by atoms with Crippen molar-refractivity contribution in [3.63, 3.8) is 0 Å². The Kier molecular flexibility index (Phi) is 3.97. The number of nitrogens with zero attached hydrogens (tertiary/aromatic N) is 1. The molecule has 3 rings (SSSR count). The number of carbonyl (C=O) groups is 1. The predicted octanol–water partition coefficient (Wildman–Crippen LogP) is 2.51. The van der Waals surface area contributed by atoms with Gasteiger partial charge in [-0.15, -0.1) is 0 Å². The highest BCUT2D eigenvalue weighted by molar-refractivity contribution is 5.75. The molecule has 21 heavy (non-hydrogen) atoms. The summed E-state index contributed by atoms with van der Waals surface area (Å²) in [4.78, 5) is 23.5. The molecule has 2 aromatic rings. The maximum atomic E-state index is 12.5. The lowest BCUT2D eigenvalue weighted by atomic mass is 10.1. The molecule has 1 aliphatic heterocycles. The van der Waals surface area contributed by atoms with Crippen LogP contribution in [0.5, 0.6) is 0 Å². The van der Waals surface area contributed by atoms with Gasteiger partial charge in [0.05, 0.1) is 23.9 Å². The molecule has 1 aromatic heterocycles. The molecule has 1 aliphatic rings. The minimum Gasteiger partial charge on any atom is -0.376 e. The molecule has 0 saturated carbocycles. The van der Waals surface area contributed by atoms with E-state index < -0.39 is 0 Å². The van der Waals surface area contributed by atoms with Gasteiger partial charge >= 0.3 is 0 Å². The molecule has 0 bridgehead atoms. The molecular formula is C17H17NO3. The molecule has 0 N–H and O–H groups in total. The van der Waals surface area contributed by atoms with Gasteiger partial charge in [0.25, 0.3) is 5.56 Å². The summed E-state index contributed by atoms with van der Waals surface area (Å²) < 4.78 is 7.29. The highest BCUT2D eigenvalue weighted by Crippen LogP contribution is 2.20. The molecule has 0 radical (unpaired) electrons. The summed E-state index contributed by atoms with van der Waals surface area (Å²) >= 11 is 0. The van der Waals surface area contributed by atoms with Crippen LogP contribution in [0.1, 0.15) is 23.2 Å². The van der Waals surface area contributed by atoms with Crippen molar-refractivity contribution < 1.29 is 9.53 Å². The van der Waals surface area contributed by atoms with Crippen LogP contribution in [-0.2, 0) is 11.3 Å². The van der Waals surface area contributed by atoms with Gasteiger partial charge in [-0.3, -0.25) is 9.59 Å². The van der Waals surface area contributed by atoms with Crippen molar-refractivity contribution in [3.8, 4) is 11.3 Å². The number of hydrogen-bond acceptors (Lipinski definition) is 3. The second kappa shape index (κ2) is 6.06. The van der Waals surface area contributed by atoms with E-state index in [1.54, 1.807) is 10.6 Å². The SMILES string of the molecule is O=Cc1ccc(-c2ccccc2)n(CC2CCCO2)c1=O. The lowest BCUT2D eigenvalue weighted by Gasteiger charge is -2.17. The molecule has 1 fully saturated rings. The van der Waals surface area contributed by atoms with E-state index in [1.807, 2.05) is 36.4 Å². The maximum absolute atomic E-state index is 12.5. The number of carbonyl (C=O) groups excluding carboxylic acids is 1. The molecule has 1 saturated heterocycles. The van der Waals surface area contributed by atoms with Crippen LogP contribution in [0.4, 0.5) is 0 Å². The summed E-state index contributed by atoms with van der Waals surface area (Å²) in [6, 6.07) is 13.1. The van der Waals surface area contributed by atoms with Crippen LogP contribution >= 0.6 is 0 Å². The third-order valence-electron chi connectivity index (χ3n) is 3.81. The van der Waals surface area contributed by atoms with Gasteiger partial charge in [-0.2, -0.15) is 0 Å². The molecule has 2 heterocycles. The Morgan fingerprint density at radius 1 is 1.19 bits per heavy atom. The zero-order valence-corrected chi connectivity index (χ0v) is 11.7. The molecule has 0 spiro atoms. The first kappa shape index (κ1) is 13.8. The van der Waals surface area contributed by atoms with Gasteiger partial charge in [0.15, 0.2) is 6.29 Å². The molecule has 4 heteroatoms. The predicted molar refractivity (Wildman–Crippen MR) is 80.5 cm³/mol. The van der Waals surface area contributed by atoms with E-state index in [1.165, 1.54) is 0 Å². The Labute approximate surface area is 123 Å². The third-order valence-corrected chi connectivity index (χ3v) is 3.81. The summed E-state index contributed by atoms with van der Waals surface area (Å²) in [5.74, 6) is 0. The van der Waals surface area contributed by atoms with Crippen LogP contribution in [0.3, 0.4) is 0 Å². The molecule has 0 aliphatic carbocycles. The van der Waals surface area contributed by atoms with Crippen molar-refractivity contribution in [2.75, 3.05) is 6.61 Å². The number of rotatable bonds is 4. The van der Waals surface area contributed by atoms with Crippen molar-refractivity contribution >= 4 is 6.29 Å². The van der Waals surface area contributed by atoms with Crippen molar-refractivity contribution in [1.29, 1.82) is 0 Å². The summed E-state index contributed by atoms with van der Waals surface area (Å²) in [5, 5.41) is 0. The van der Waals surface area contributed by atoms with Gasteiger partial charge < -0.3 is 9.30 Å². The fourth-order valence-corrected chi connectivity index (χ4v) is 2.72. The molecule has 1 unspecified atom stereocenters. The quantitative estimate of drug-likeness (QED) is 0.810. The average Bonchev–Trinajstić information content (AvgIpc) is 3.03. The van der Waals surface area contributed by atoms with E-state index in [2.05, 4.69) is 0 Å². The van der Waals surface area contributed by atoms with E-state index in [0.717, 1.165) is 30.7 Å². The minimum atomic E-state index is -0.248. The lowest BCUT2D eigenvalue weighted by molar-refractivity contribution is 0.0962. The molecule has 108 valence electrons. The molecule has 4 nitrogen and oxygen atoms in total. The normalized spacial score (nSPS) is 17.8. The Morgan fingerprint density at radius 3 is 2.67 bits per heavy atom. The maximum Gasteiger partial charge on any atom is 0.261 e. The lowest BCUT2D eigenvalue weighted by Crippen LogP contribution is -2.29. The van der Waals surface area contributed by atoms with Crippen LogP contribution in [0, 0.1) is 0 Å². The van der Waals surface area contributed by atoms with E-state index in [-0.39, 0.29) is 17.2 Å². The van der Waals surface area contributed by atoms with Gasteiger partial charge in [0.2, 0.25) is 0 Å². The zero-order chi connectivity index (χ0) is 14.7.